The summed E-state index contributed by atoms with van der Waals surface area (Å²) in [5.41, 5.74) is 1.83. The van der Waals surface area contributed by atoms with Crippen LogP contribution in [-0.4, -0.2) is 52.5 Å². The molecule has 7 heteroatoms. The van der Waals surface area contributed by atoms with Crippen LogP contribution in [0, 0.1) is 5.82 Å². The summed E-state index contributed by atoms with van der Waals surface area (Å²) in [4.78, 5) is 26.6. The van der Waals surface area contributed by atoms with Gasteiger partial charge in [-0.2, -0.15) is 0 Å². The molecule has 1 heterocycles. The third-order valence-electron chi connectivity index (χ3n) is 3.80. The van der Waals surface area contributed by atoms with Crippen LogP contribution >= 0.6 is 0 Å². The SMILES string of the molecule is O=C(NC(Cc1c[nH]c2ccccc12)C(=O)[O-])c1ccc(F)cc1.[Na]. The maximum atomic E-state index is 12.9. The quantitative estimate of drug-likeness (QED) is 0.675. The number of amides is 1. The molecule has 0 fully saturated rings. The molecule has 1 radical (unpaired) electrons. The van der Waals surface area contributed by atoms with E-state index in [-0.39, 0.29) is 41.5 Å². The Kier molecular flexibility index (Phi) is 6.36. The number of H-pyrrole nitrogens is 1. The Hall–Kier alpha value is -2.15. The Morgan fingerprint density at radius 1 is 1.12 bits per heavy atom. The summed E-state index contributed by atoms with van der Waals surface area (Å²) in [7, 11) is 0. The summed E-state index contributed by atoms with van der Waals surface area (Å²) in [5.74, 6) is -2.44. The van der Waals surface area contributed by atoms with E-state index in [0.29, 0.717) is 0 Å². The molecule has 0 spiro atoms. The summed E-state index contributed by atoms with van der Waals surface area (Å²) < 4.78 is 12.9. The van der Waals surface area contributed by atoms with Gasteiger partial charge in [-0.3, -0.25) is 4.79 Å². The molecular weight excluding hydrogens is 334 g/mol. The number of carbonyl (C=O) groups excluding carboxylic acids is 2. The van der Waals surface area contributed by atoms with Crippen LogP contribution in [-0.2, 0) is 11.2 Å². The van der Waals surface area contributed by atoms with Gasteiger partial charge in [0.1, 0.15) is 5.82 Å². The van der Waals surface area contributed by atoms with Gasteiger partial charge in [-0.1, -0.05) is 18.2 Å². The molecule has 0 aliphatic heterocycles. The van der Waals surface area contributed by atoms with Gasteiger partial charge >= 0.3 is 0 Å². The first-order valence-corrected chi connectivity index (χ1v) is 7.37. The molecule has 2 aromatic carbocycles. The van der Waals surface area contributed by atoms with E-state index in [1.807, 2.05) is 24.3 Å². The van der Waals surface area contributed by atoms with Crippen molar-refractivity contribution < 1.29 is 19.1 Å². The number of carboxylic acids is 1. The monoisotopic (exact) mass is 348 g/mol. The van der Waals surface area contributed by atoms with Crippen molar-refractivity contribution in [1.29, 1.82) is 0 Å². The minimum Gasteiger partial charge on any atom is -0.548 e. The normalized spacial score (nSPS) is 11.6. The second-order valence-electron chi connectivity index (χ2n) is 5.42. The molecule has 0 saturated heterocycles. The zero-order chi connectivity index (χ0) is 17.1. The van der Waals surface area contributed by atoms with Gasteiger partial charge in [0.2, 0.25) is 0 Å². The van der Waals surface area contributed by atoms with Crippen molar-refractivity contribution in [2.75, 3.05) is 0 Å². The Labute approximate surface area is 165 Å². The summed E-state index contributed by atoms with van der Waals surface area (Å²) in [6.45, 7) is 0. The molecule has 1 aromatic heterocycles. The molecule has 0 aliphatic carbocycles. The number of carboxylic acid groups (broad SMARTS) is 1. The molecule has 0 aliphatic rings. The topological polar surface area (TPSA) is 85.0 Å². The van der Waals surface area contributed by atoms with Gasteiger partial charge in [-0.25, -0.2) is 4.39 Å². The molecule has 123 valence electrons. The van der Waals surface area contributed by atoms with E-state index in [0.717, 1.165) is 28.6 Å². The van der Waals surface area contributed by atoms with Gasteiger partial charge in [0.05, 0.1) is 12.0 Å². The first-order valence-electron chi connectivity index (χ1n) is 7.37. The summed E-state index contributed by atoms with van der Waals surface area (Å²) >= 11 is 0. The molecule has 1 unspecified atom stereocenters. The van der Waals surface area contributed by atoms with E-state index in [9.17, 15) is 19.1 Å². The van der Waals surface area contributed by atoms with Crippen LogP contribution in [0.1, 0.15) is 15.9 Å². The number of rotatable bonds is 5. The average Bonchev–Trinajstić information content (AvgIpc) is 2.98. The Bertz CT molecular complexity index is 893. The van der Waals surface area contributed by atoms with E-state index in [1.54, 1.807) is 6.20 Å². The number of hydrogen-bond donors (Lipinski definition) is 2. The van der Waals surface area contributed by atoms with Crippen molar-refractivity contribution in [3.63, 3.8) is 0 Å². The second-order valence-corrected chi connectivity index (χ2v) is 5.42. The van der Waals surface area contributed by atoms with Gasteiger partial charge in [-0.05, 0) is 35.9 Å². The van der Waals surface area contributed by atoms with E-state index in [1.165, 1.54) is 12.1 Å². The largest absolute Gasteiger partial charge is 0.548 e. The maximum Gasteiger partial charge on any atom is 0.251 e. The molecule has 1 atom stereocenters. The summed E-state index contributed by atoms with van der Waals surface area (Å²) in [6, 6.07) is 11.2. The number of benzene rings is 2. The standard InChI is InChI=1S/C18H15FN2O3.Na/c19-13-7-5-11(6-8-13)17(22)21-16(18(23)24)9-12-10-20-15-4-2-1-3-14(12)15;/h1-8,10,16,20H,9H2,(H,21,22)(H,23,24);/p-1. The van der Waals surface area contributed by atoms with E-state index >= 15 is 0 Å². The van der Waals surface area contributed by atoms with Crippen molar-refractivity contribution in [1.82, 2.24) is 10.3 Å². The number of aromatic amines is 1. The number of aliphatic carboxylic acids is 1. The predicted octanol–water partition coefficient (Wildman–Crippen LogP) is 1.02. The van der Waals surface area contributed by atoms with Crippen LogP contribution < -0.4 is 10.4 Å². The molecule has 5 nitrogen and oxygen atoms in total. The fourth-order valence-electron chi connectivity index (χ4n) is 2.56. The smallest absolute Gasteiger partial charge is 0.251 e. The average molecular weight is 348 g/mol. The van der Waals surface area contributed by atoms with Crippen molar-refractivity contribution >= 4 is 52.3 Å². The van der Waals surface area contributed by atoms with Gasteiger partial charge in [0, 0.05) is 58.6 Å². The number of para-hydroxylation sites is 1. The molecule has 3 rings (SSSR count). The number of hydrogen-bond acceptors (Lipinski definition) is 3. The van der Waals surface area contributed by atoms with Gasteiger partial charge < -0.3 is 20.2 Å². The molecule has 1 amide bonds. The van der Waals surface area contributed by atoms with E-state index < -0.39 is 23.7 Å². The third-order valence-corrected chi connectivity index (χ3v) is 3.80. The maximum absolute atomic E-state index is 12.9. The van der Waals surface area contributed by atoms with Gasteiger partial charge in [0.25, 0.3) is 5.91 Å². The van der Waals surface area contributed by atoms with Gasteiger partial charge in [-0.15, -0.1) is 0 Å². The molecular formula is C18H14FN2NaO3-. The first kappa shape index (κ1) is 19.2. The Balaban J connectivity index is 0.00000225. The first-order chi connectivity index (χ1) is 11.5. The van der Waals surface area contributed by atoms with Crippen LogP contribution in [0.2, 0.25) is 0 Å². The predicted molar refractivity (Wildman–Crippen MR) is 90.4 cm³/mol. The van der Waals surface area contributed by atoms with E-state index in [2.05, 4.69) is 10.3 Å². The number of fused-ring (bicyclic) bond motifs is 1. The third kappa shape index (κ3) is 4.48. The molecule has 25 heavy (non-hydrogen) atoms. The van der Waals surface area contributed by atoms with Crippen molar-refractivity contribution in [2.45, 2.75) is 12.5 Å². The summed E-state index contributed by atoms with van der Waals surface area (Å²) in [6.07, 6.45) is 1.80. The molecule has 2 N–H and O–H groups in total. The van der Waals surface area contributed by atoms with E-state index in [4.69, 9.17) is 0 Å². The number of aromatic nitrogens is 1. The van der Waals surface area contributed by atoms with Crippen LogP contribution in [0.4, 0.5) is 4.39 Å². The minimum absolute atomic E-state index is 0. The van der Waals surface area contributed by atoms with Gasteiger partial charge in [0.15, 0.2) is 0 Å². The van der Waals surface area contributed by atoms with Crippen LogP contribution in [0.25, 0.3) is 10.9 Å². The van der Waals surface area contributed by atoms with Crippen molar-refractivity contribution in [3.05, 3.63) is 71.7 Å². The van der Waals surface area contributed by atoms with Crippen molar-refractivity contribution in [3.8, 4) is 0 Å². The number of carbonyl (C=O) groups is 2. The second kappa shape index (κ2) is 8.29. The summed E-state index contributed by atoms with van der Waals surface area (Å²) in [5, 5.41) is 14.7. The van der Waals surface area contributed by atoms with Crippen LogP contribution in [0.3, 0.4) is 0 Å². The zero-order valence-electron chi connectivity index (χ0n) is 13.6. The van der Waals surface area contributed by atoms with Crippen molar-refractivity contribution in [2.24, 2.45) is 0 Å². The fourth-order valence-corrected chi connectivity index (χ4v) is 2.56. The van der Waals surface area contributed by atoms with Crippen LogP contribution in [0.5, 0.6) is 0 Å². The molecule has 0 saturated carbocycles. The van der Waals surface area contributed by atoms with Crippen LogP contribution in [0.15, 0.2) is 54.7 Å². The Morgan fingerprint density at radius 2 is 1.80 bits per heavy atom. The molecule has 0 bridgehead atoms. The number of halogens is 1. The zero-order valence-corrected chi connectivity index (χ0v) is 15.6. The Morgan fingerprint density at radius 3 is 2.48 bits per heavy atom. The minimum atomic E-state index is -1.38. The fraction of sp³-hybridized carbons (Fsp3) is 0.111. The molecule has 3 aromatic rings. The number of nitrogens with one attached hydrogen (secondary N) is 2.